The van der Waals surface area contributed by atoms with Crippen molar-refractivity contribution in [2.45, 2.75) is 13.0 Å². The molecule has 0 bridgehead atoms. The molecule has 0 saturated carbocycles. The van der Waals surface area contributed by atoms with Gasteiger partial charge in [-0.05, 0) is 29.3 Å². The number of aryl methyl sites for hydroxylation is 1. The average molecular weight is 418 g/mol. The van der Waals surface area contributed by atoms with E-state index in [4.69, 9.17) is 0 Å². The Kier molecular flexibility index (Phi) is 5.20. The molecule has 0 aliphatic rings. The van der Waals surface area contributed by atoms with Gasteiger partial charge >= 0.3 is 0 Å². The van der Waals surface area contributed by atoms with Gasteiger partial charge < -0.3 is 10.4 Å². The summed E-state index contributed by atoms with van der Waals surface area (Å²) in [4.78, 5) is 24.4. The maximum atomic E-state index is 13.0. The van der Waals surface area contributed by atoms with E-state index in [0.717, 1.165) is 27.7 Å². The van der Waals surface area contributed by atoms with E-state index in [-0.39, 0.29) is 16.3 Å². The van der Waals surface area contributed by atoms with Crippen molar-refractivity contribution in [1.29, 1.82) is 0 Å². The first-order chi connectivity index (χ1) is 14.5. The highest BCUT2D eigenvalue weighted by Gasteiger charge is 2.25. The molecule has 1 aromatic heterocycles. The lowest BCUT2D eigenvalue weighted by Gasteiger charge is -2.22. The minimum absolute atomic E-state index is 0.0659. The summed E-state index contributed by atoms with van der Waals surface area (Å²) in [6.45, 7) is 1.62. The van der Waals surface area contributed by atoms with Gasteiger partial charge in [0.2, 0.25) is 0 Å². The van der Waals surface area contributed by atoms with Crippen molar-refractivity contribution in [3.63, 3.8) is 0 Å². The highest BCUT2D eigenvalue weighted by molar-refractivity contribution is 7.14. The number of hydrogen-bond acceptors (Lipinski definition) is 5. The van der Waals surface area contributed by atoms with Crippen LogP contribution in [0.25, 0.3) is 10.8 Å². The number of thiophene rings is 1. The molecule has 2 N–H and O–H groups in total. The summed E-state index contributed by atoms with van der Waals surface area (Å²) in [6, 6.07) is 21.0. The molecule has 1 heterocycles. The van der Waals surface area contributed by atoms with E-state index in [0.29, 0.717) is 10.4 Å². The van der Waals surface area contributed by atoms with Crippen LogP contribution in [0.2, 0.25) is 0 Å². The Morgan fingerprint density at radius 3 is 2.47 bits per heavy atom. The number of benzene rings is 3. The molecule has 150 valence electrons. The van der Waals surface area contributed by atoms with Crippen LogP contribution in [0.5, 0.6) is 5.75 Å². The molecule has 3 aromatic carbocycles. The first-order valence-electron chi connectivity index (χ1n) is 9.27. The molecule has 1 amide bonds. The number of nitrogens with zero attached hydrogens (tertiary/aromatic N) is 1. The molecule has 0 saturated heterocycles. The number of nitro groups is 1. The zero-order chi connectivity index (χ0) is 21.3. The molecule has 0 aliphatic heterocycles. The highest BCUT2D eigenvalue weighted by atomic mass is 32.1. The van der Waals surface area contributed by atoms with Gasteiger partial charge in [0, 0.05) is 11.6 Å². The third-order valence-corrected chi connectivity index (χ3v) is 6.00. The Labute approximate surface area is 176 Å². The van der Waals surface area contributed by atoms with Crippen LogP contribution >= 0.6 is 11.3 Å². The Morgan fingerprint density at radius 2 is 1.77 bits per heavy atom. The monoisotopic (exact) mass is 418 g/mol. The number of aromatic hydroxyl groups is 1. The first kappa shape index (κ1) is 19.6. The second-order valence-corrected chi connectivity index (χ2v) is 8.10. The van der Waals surface area contributed by atoms with Crippen LogP contribution < -0.4 is 5.32 Å². The molecule has 6 nitrogen and oxygen atoms in total. The van der Waals surface area contributed by atoms with Gasteiger partial charge in [-0.2, -0.15) is 0 Å². The van der Waals surface area contributed by atoms with Crippen LogP contribution in [0.3, 0.4) is 0 Å². The summed E-state index contributed by atoms with van der Waals surface area (Å²) < 4.78 is 0. The highest BCUT2D eigenvalue weighted by Crippen LogP contribution is 2.36. The number of phenols is 1. The van der Waals surface area contributed by atoms with Gasteiger partial charge in [-0.25, -0.2) is 0 Å². The fraction of sp³-hybridized carbons (Fsp3) is 0.0870. The number of nitrogens with one attached hydrogen (secondary N) is 1. The fourth-order valence-corrected chi connectivity index (χ4v) is 4.41. The van der Waals surface area contributed by atoms with Crippen molar-refractivity contribution in [3.05, 3.63) is 104 Å². The van der Waals surface area contributed by atoms with Crippen LogP contribution in [0.15, 0.2) is 72.8 Å². The van der Waals surface area contributed by atoms with E-state index >= 15 is 0 Å². The molecule has 0 aliphatic carbocycles. The SMILES string of the molecule is Cc1sc(C(=O)NC(c2ccccc2)c2c(O)ccc3ccccc23)cc1[N+](=O)[O-]. The Balaban J connectivity index is 1.81. The standard InChI is InChI=1S/C23H18N2O4S/c1-14-18(25(28)29)13-20(30-14)23(27)24-22(16-8-3-2-4-9-16)21-17-10-6-5-7-15(17)11-12-19(21)26/h2-13,22,26H,1H3,(H,24,27). The zero-order valence-corrected chi connectivity index (χ0v) is 16.8. The predicted molar refractivity (Wildman–Crippen MR) is 117 cm³/mol. The van der Waals surface area contributed by atoms with Crippen LogP contribution in [0.4, 0.5) is 5.69 Å². The van der Waals surface area contributed by atoms with Crippen LogP contribution in [0.1, 0.15) is 31.7 Å². The minimum atomic E-state index is -0.633. The van der Waals surface area contributed by atoms with E-state index in [9.17, 15) is 20.0 Å². The quantitative estimate of drug-likeness (QED) is 0.338. The summed E-state index contributed by atoms with van der Waals surface area (Å²) >= 11 is 1.07. The summed E-state index contributed by atoms with van der Waals surface area (Å²) in [5.41, 5.74) is 1.30. The number of amides is 1. The molecule has 7 heteroatoms. The fourth-order valence-electron chi connectivity index (χ4n) is 3.52. The van der Waals surface area contributed by atoms with Crippen molar-refractivity contribution in [2.24, 2.45) is 0 Å². The van der Waals surface area contributed by atoms with Gasteiger partial charge in [0.15, 0.2) is 0 Å². The molecule has 1 unspecified atom stereocenters. The van der Waals surface area contributed by atoms with Gasteiger partial charge in [-0.15, -0.1) is 11.3 Å². The summed E-state index contributed by atoms with van der Waals surface area (Å²) in [5.74, 6) is -0.367. The lowest BCUT2D eigenvalue weighted by Crippen LogP contribution is -2.29. The van der Waals surface area contributed by atoms with E-state index < -0.39 is 16.9 Å². The van der Waals surface area contributed by atoms with Gasteiger partial charge in [-0.1, -0.05) is 60.7 Å². The smallest absolute Gasteiger partial charge is 0.283 e. The molecule has 30 heavy (non-hydrogen) atoms. The van der Waals surface area contributed by atoms with Crippen LogP contribution in [-0.4, -0.2) is 15.9 Å². The largest absolute Gasteiger partial charge is 0.508 e. The molecule has 4 aromatic rings. The van der Waals surface area contributed by atoms with Gasteiger partial charge in [0.1, 0.15) is 5.75 Å². The number of carbonyl (C=O) groups is 1. The first-order valence-corrected chi connectivity index (χ1v) is 10.1. The van der Waals surface area contributed by atoms with Crippen molar-refractivity contribution in [2.75, 3.05) is 0 Å². The second-order valence-electron chi connectivity index (χ2n) is 6.85. The summed E-state index contributed by atoms with van der Waals surface area (Å²) in [5, 5.41) is 26.6. The predicted octanol–water partition coefficient (Wildman–Crippen LogP) is 5.34. The number of rotatable bonds is 5. The Hall–Kier alpha value is -3.71. The average Bonchev–Trinajstić information content (AvgIpc) is 3.15. The molecular weight excluding hydrogens is 400 g/mol. The van der Waals surface area contributed by atoms with Gasteiger partial charge in [0.25, 0.3) is 11.6 Å². The summed E-state index contributed by atoms with van der Waals surface area (Å²) in [6.07, 6.45) is 0. The maximum absolute atomic E-state index is 13.0. The number of phenolic OH excluding ortho intramolecular Hbond substituents is 1. The van der Waals surface area contributed by atoms with Crippen molar-refractivity contribution < 1.29 is 14.8 Å². The number of hydrogen-bond donors (Lipinski definition) is 2. The van der Waals surface area contributed by atoms with Gasteiger partial charge in [0.05, 0.1) is 20.7 Å². The normalized spacial score (nSPS) is 11.9. The maximum Gasteiger partial charge on any atom is 0.283 e. The molecule has 0 spiro atoms. The third kappa shape index (κ3) is 3.62. The number of fused-ring (bicyclic) bond motifs is 1. The molecule has 4 rings (SSSR count). The zero-order valence-electron chi connectivity index (χ0n) is 16.0. The second kappa shape index (κ2) is 7.96. The molecule has 1 atom stereocenters. The molecule has 0 radical (unpaired) electrons. The number of carbonyl (C=O) groups excluding carboxylic acids is 1. The van der Waals surface area contributed by atoms with Crippen molar-refractivity contribution in [3.8, 4) is 5.75 Å². The van der Waals surface area contributed by atoms with E-state index in [1.54, 1.807) is 13.0 Å². The lowest BCUT2D eigenvalue weighted by molar-refractivity contribution is -0.385. The van der Waals surface area contributed by atoms with Gasteiger partial charge in [-0.3, -0.25) is 14.9 Å². The summed E-state index contributed by atoms with van der Waals surface area (Å²) in [7, 11) is 0. The van der Waals surface area contributed by atoms with Crippen molar-refractivity contribution >= 4 is 33.7 Å². The van der Waals surface area contributed by atoms with Crippen LogP contribution in [-0.2, 0) is 0 Å². The topological polar surface area (TPSA) is 92.5 Å². The van der Waals surface area contributed by atoms with E-state index in [1.165, 1.54) is 6.07 Å². The minimum Gasteiger partial charge on any atom is -0.508 e. The Bertz CT molecular complexity index is 1250. The van der Waals surface area contributed by atoms with Crippen LogP contribution in [0, 0.1) is 17.0 Å². The third-order valence-electron chi connectivity index (χ3n) is 4.96. The molecule has 0 fully saturated rings. The van der Waals surface area contributed by atoms with E-state index in [2.05, 4.69) is 5.32 Å². The van der Waals surface area contributed by atoms with E-state index in [1.807, 2.05) is 60.7 Å². The molecular formula is C23H18N2O4S. The van der Waals surface area contributed by atoms with Crippen molar-refractivity contribution in [1.82, 2.24) is 5.32 Å². The Morgan fingerprint density at radius 1 is 1.07 bits per heavy atom. The lowest BCUT2D eigenvalue weighted by atomic mass is 9.92.